The number of ether oxygens (including phenoxy) is 1. The molecule has 0 bridgehead atoms. The molecule has 0 saturated carbocycles. The van der Waals surface area contributed by atoms with Crippen LogP contribution in [0.25, 0.3) is 10.9 Å². The lowest BCUT2D eigenvalue weighted by molar-refractivity contribution is 0.0696. The van der Waals surface area contributed by atoms with E-state index >= 15 is 0 Å². The smallest absolute Gasteiger partial charge is 0.415 e. The number of aromatic nitrogens is 2. The van der Waals surface area contributed by atoms with E-state index in [1.807, 2.05) is 18.2 Å². The first kappa shape index (κ1) is 20.7. The van der Waals surface area contributed by atoms with Crippen molar-refractivity contribution in [2.45, 2.75) is 12.8 Å². The highest BCUT2D eigenvalue weighted by atomic mass is 16.6. The van der Waals surface area contributed by atoms with E-state index in [1.165, 1.54) is 6.20 Å². The van der Waals surface area contributed by atoms with Gasteiger partial charge in [0.15, 0.2) is 0 Å². The molecule has 1 N–H and O–H groups in total. The maximum absolute atomic E-state index is 12.5. The fraction of sp³-hybridized carbons (Fsp3) is 0.304. The van der Waals surface area contributed by atoms with Gasteiger partial charge in [0.05, 0.1) is 11.1 Å². The molecule has 1 saturated heterocycles. The van der Waals surface area contributed by atoms with Gasteiger partial charge in [-0.25, -0.2) is 9.59 Å². The summed E-state index contributed by atoms with van der Waals surface area (Å²) in [4.78, 5) is 35.9. The number of rotatable bonds is 6. The lowest BCUT2D eigenvalue weighted by atomic mass is 10.2. The van der Waals surface area contributed by atoms with E-state index in [9.17, 15) is 9.59 Å². The summed E-state index contributed by atoms with van der Waals surface area (Å²) in [5.74, 6) is -0.465. The number of carbonyl (C=O) groups excluding carboxylic acids is 1. The molecule has 1 amide bonds. The number of pyridine rings is 2. The molecule has 0 aliphatic carbocycles. The first-order chi connectivity index (χ1) is 15.1. The van der Waals surface area contributed by atoms with Crippen molar-refractivity contribution in [3.63, 3.8) is 0 Å². The van der Waals surface area contributed by atoms with Gasteiger partial charge in [-0.2, -0.15) is 0 Å². The van der Waals surface area contributed by atoms with Gasteiger partial charge in [0.1, 0.15) is 5.75 Å². The van der Waals surface area contributed by atoms with E-state index in [0.717, 1.165) is 49.1 Å². The minimum Gasteiger partial charge on any atom is -0.478 e. The van der Waals surface area contributed by atoms with Crippen molar-refractivity contribution in [1.82, 2.24) is 19.8 Å². The standard InChI is InChI=1S/C23H24N4O4/c28-22(29)18-5-7-19(25-16-18)4-2-10-26-11-13-27(14-12-26)23(30)31-20-8-6-17-3-1-9-24-21(17)15-20/h1,3,5-9,15-16H,2,4,10-14H2,(H,28,29). The first-order valence-electron chi connectivity index (χ1n) is 10.3. The molecular formula is C23H24N4O4. The van der Waals surface area contributed by atoms with Gasteiger partial charge in [0.25, 0.3) is 0 Å². The molecule has 31 heavy (non-hydrogen) atoms. The highest BCUT2D eigenvalue weighted by Gasteiger charge is 2.22. The zero-order valence-corrected chi connectivity index (χ0v) is 17.1. The highest BCUT2D eigenvalue weighted by molar-refractivity contribution is 5.87. The van der Waals surface area contributed by atoms with Crippen LogP contribution >= 0.6 is 0 Å². The third kappa shape index (κ3) is 5.35. The van der Waals surface area contributed by atoms with Gasteiger partial charge in [-0.15, -0.1) is 0 Å². The van der Waals surface area contributed by atoms with Gasteiger partial charge < -0.3 is 14.7 Å². The molecule has 0 spiro atoms. The number of carboxylic acids is 1. The Balaban J connectivity index is 1.20. The predicted molar refractivity (Wildman–Crippen MR) is 115 cm³/mol. The molecule has 1 aliphatic heterocycles. The van der Waals surface area contributed by atoms with E-state index in [0.29, 0.717) is 18.8 Å². The van der Waals surface area contributed by atoms with Gasteiger partial charge in [-0.3, -0.25) is 14.9 Å². The summed E-state index contributed by atoms with van der Waals surface area (Å²) in [6, 6.07) is 12.6. The Bertz CT molecular complexity index is 1060. The van der Waals surface area contributed by atoms with Crippen molar-refractivity contribution >= 4 is 23.0 Å². The molecule has 0 unspecified atom stereocenters. The zero-order valence-electron chi connectivity index (χ0n) is 17.1. The molecule has 8 nitrogen and oxygen atoms in total. The monoisotopic (exact) mass is 420 g/mol. The Labute approximate surface area is 180 Å². The topological polar surface area (TPSA) is 95.9 Å². The molecule has 4 rings (SSSR count). The van der Waals surface area contributed by atoms with Crippen molar-refractivity contribution in [1.29, 1.82) is 0 Å². The van der Waals surface area contributed by atoms with Crippen LogP contribution in [0.3, 0.4) is 0 Å². The Morgan fingerprint density at radius 2 is 1.87 bits per heavy atom. The number of amides is 1. The van der Waals surface area contributed by atoms with Crippen LogP contribution in [0.15, 0.2) is 54.9 Å². The van der Waals surface area contributed by atoms with Gasteiger partial charge >= 0.3 is 12.1 Å². The van der Waals surface area contributed by atoms with Crippen LogP contribution in [0.5, 0.6) is 5.75 Å². The second-order valence-electron chi connectivity index (χ2n) is 7.50. The fourth-order valence-corrected chi connectivity index (χ4v) is 3.61. The minimum absolute atomic E-state index is 0.201. The number of carbonyl (C=O) groups is 2. The maximum Gasteiger partial charge on any atom is 0.415 e. The normalized spacial score (nSPS) is 14.5. The summed E-state index contributed by atoms with van der Waals surface area (Å²) in [6.07, 6.45) is 4.49. The Morgan fingerprint density at radius 1 is 1.03 bits per heavy atom. The average molecular weight is 420 g/mol. The quantitative estimate of drug-likeness (QED) is 0.655. The molecule has 1 aromatic carbocycles. The third-order valence-electron chi connectivity index (χ3n) is 5.39. The van der Waals surface area contributed by atoms with E-state index in [-0.39, 0.29) is 11.7 Å². The number of nitrogens with zero attached hydrogens (tertiary/aromatic N) is 4. The van der Waals surface area contributed by atoms with E-state index in [4.69, 9.17) is 9.84 Å². The number of hydrogen-bond acceptors (Lipinski definition) is 6. The lowest BCUT2D eigenvalue weighted by Gasteiger charge is -2.34. The van der Waals surface area contributed by atoms with E-state index in [2.05, 4.69) is 14.9 Å². The second kappa shape index (κ2) is 9.53. The van der Waals surface area contributed by atoms with Gasteiger partial charge in [0.2, 0.25) is 0 Å². The van der Waals surface area contributed by atoms with Crippen molar-refractivity contribution in [3.8, 4) is 5.75 Å². The minimum atomic E-state index is -0.965. The summed E-state index contributed by atoms with van der Waals surface area (Å²) < 4.78 is 5.54. The molecular weight excluding hydrogens is 396 g/mol. The van der Waals surface area contributed by atoms with E-state index < -0.39 is 5.97 Å². The highest BCUT2D eigenvalue weighted by Crippen LogP contribution is 2.19. The van der Waals surface area contributed by atoms with Gasteiger partial charge in [0, 0.05) is 55.7 Å². The molecule has 3 heterocycles. The van der Waals surface area contributed by atoms with Crippen LogP contribution in [-0.2, 0) is 6.42 Å². The second-order valence-corrected chi connectivity index (χ2v) is 7.50. The van der Waals surface area contributed by atoms with Crippen molar-refractivity contribution < 1.29 is 19.4 Å². The van der Waals surface area contributed by atoms with Crippen LogP contribution < -0.4 is 4.74 Å². The largest absolute Gasteiger partial charge is 0.478 e. The number of aryl methyl sites for hydroxylation is 1. The predicted octanol–water partition coefficient (Wildman–Crippen LogP) is 3.08. The molecule has 1 aliphatic rings. The first-order valence-corrected chi connectivity index (χ1v) is 10.3. The average Bonchev–Trinajstić information content (AvgIpc) is 2.80. The fourth-order valence-electron chi connectivity index (χ4n) is 3.61. The molecule has 8 heteroatoms. The van der Waals surface area contributed by atoms with Gasteiger partial charge in [-0.1, -0.05) is 6.07 Å². The van der Waals surface area contributed by atoms with Crippen LogP contribution in [0.1, 0.15) is 22.5 Å². The lowest BCUT2D eigenvalue weighted by Crippen LogP contribution is -2.49. The maximum atomic E-state index is 12.5. The number of piperazine rings is 1. The van der Waals surface area contributed by atoms with Crippen LogP contribution in [-0.4, -0.2) is 69.7 Å². The summed E-state index contributed by atoms with van der Waals surface area (Å²) in [5.41, 5.74) is 1.88. The van der Waals surface area contributed by atoms with Crippen LogP contribution in [0, 0.1) is 0 Å². The number of carboxylic acid groups (broad SMARTS) is 1. The Morgan fingerprint density at radius 3 is 2.61 bits per heavy atom. The number of benzene rings is 1. The van der Waals surface area contributed by atoms with E-state index in [1.54, 1.807) is 35.4 Å². The Kier molecular flexibility index (Phi) is 6.37. The van der Waals surface area contributed by atoms with Crippen LogP contribution in [0.2, 0.25) is 0 Å². The Hall–Kier alpha value is -3.52. The molecule has 160 valence electrons. The van der Waals surface area contributed by atoms with Crippen LogP contribution in [0.4, 0.5) is 4.79 Å². The molecule has 0 radical (unpaired) electrons. The summed E-state index contributed by atoms with van der Waals surface area (Å²) in [5, 5.41) is 9.92. The molecule has 0 atom stereocenters. The van der Waals surface area contributed by atoms with Crippen molar-refractivity contribution in [2.24, 2.45) is 0 Å². The molecule has 1 fully saturated rings. The van der Waals surface area contributed by atoms with Crippen molar-refractivity contribution in [3.05, 3.63) is 66.1 Å². The molecule has 2 aromatic heterocycles. The summed E-state index contributed by atoms with van der Waals surface area (Å²) in [6.45, 7) is 3.73. The third-order valence-corrected chi connectivity index (χ3v) is 5.39. The number of fused-ring (bicyclic) bond motifs is 1. The van der Waals surface area contributed by atoms with Crippen molar-refractivity contribution in [2.75, 3.05) is 32.7 Å². The number of aromatic carboxylic acids is 1. The van der Waals surface area contributed by atoms with Gasteiger partial charge in [-0.05, 0) is 49.7 Å². The summed E-state index contributed by atoms with van der Waals surface area (Å²) >= 11 is 0. The zero-order chi connectivity index (χ0) is 21.6. The SMILES string of the molecule is O=C(O)c1ccc(CCCN2CCN(C(=O)Oc3ccc4cccnc4c3)CC2)nc1. The summed E-state index contributed by atoms with van der Waals surface area (Å²) in [7, 11) is 0. The number of hydrogen-bond donors (Lipinski definition) is 1. The molecule has 3 aromatic rings.